The van der Waals surface area contributed by atoms with Crippen molar-refractivity contribution in [1.29, 1.82) is 0 Å². The zero-order valence-electron chi connectivity index (χ0n) is 12.6. The lowest BCUT2D eigenvalue weighted by molar-refractivity contribution is 0.0690. The molecule has 0 saturated carbocycles. The minimum Gasteiger partial charge on any atom is -0.490 e. The maximum absolute atomic E-state index is 13.6. The fourth-order valence-electron chi connectivity index (χ4n) is 2.96. The standard InChI is InChI=1S/C17H16ClF2NO3/c18-11-1-2-16-14(7-11)21(3-4-24-16)17(15(23)9-22)10-5-12(19)8-13(20)6-10/h1-2,5-8,15,17,22-23H,3-4,9H2/t15-,17+/m1/s1. The normalized spacial score (nSPS) is 16.3. The molecule has 0 amide bonds. The molecule has 0 aliphatic carbocycles. The lowest BCUT2D eigenvalue weighted by atomic mass is 9.98. The smallest absolute Gasteiger partial charge is 0.142 e. The van der Waals surface area contributed by atoms with Gasteiger partial charge in [0.2, 0.25) is 0 Å². The van der Waals surface area contributed by atoms with Crippen molar-refractivity contribution in [2.24, 2.45) is 0 Å². The molecule has 3 rings (SSSR count). The van der Waals surface area contributed by atoms with Crippen molar-refractivity contribution < 1.29 is 23.7 Å². The number of aliphatic hydroxyl groups is 2. The Balaban J connectivity index is 2.09. The van der Waals surface area contributed by atoms with E-state index in [1.54, 1.807) is 23.1 Å². The van der Waals surface area contributed by atoms with Gasteiger partial charge in [0.1, 0.15) is 30.1 Å². The Morgan fingerprint density at radius 2 is 1.88 bits per heavy atom. The highest BCUT2D eigenvalue weighted by atomic mass is 35.5. The molecule has 0 bridgehead atoms. The van der Waals surface area contributed by atoms with E-state index in [0.717, 1.165) is 18.2 Å². The van der Waals surface area contributed by atoms with Crippen molar-refractivity contribution in [2.75, 3.05) is 24.7 Å². The summed E-state index contributed by atoms with van der Waals surface area (Å²) in [5.74, 6) is -0.947. The van der Waals surface area contributed by atoms with Gasteiger partial charge in [0.05, 0.1) is 24.9 Å². The monoisotopic (exact) mass is 355 g/mol. The van der Waals surface area contributed by atoms with E-state index in [2.05, 4.69) is 0 Å². The number of benzene rings is 2. The van der Waals surface area contributed by atoms with Crippen molar-refractivity contribution >= 4 is 17.3 Å². The summed E-state index contributed by atoms with van der Waals surface area (Å²) in [7, 11) is 0. The summed E-state index contributed by atoms with van der Waals surface area (Å²) >= 11 is 6.04. The zero-order valence-corrected chi connectivity index (χ0v) is 13.4. The SMILES string of the molecule is OC[C@@H](O)[C@H](c1cc(F)cc(F)c1)N1CCOc2ccc(Cl)cc21. The molecule has 0 fully saturated rings. The van der Waals surface area contributed by atoms with Gasteiger partial charge in [0.15, 0.2) is 0 Å². The molecule has 4 nitrogen and oxygen atoms in total. The number of nitrogens with zero attached hydrogens (tertiary/aromatic N) is 1. The molecule has 0 saturated heterocycles. The minimum absolute atomic E-state index is 0.224. The summed E-state index contributed by atoms with van der Waals surface area (Å²) < 4.78 is 32.8. The third kappa shape index (κ3) is 3.31. The summed E-state index contributed by atoms with van der Waals surface area (Å²) in [6, 6.07) is 7.22. The quantitative estimate of drug-likeness (QED) is 0.885. The summed E-state index contributed by atoms with van der Waals surface area (Å²) in [6.45, 7) is 0.143. The van der Waals surface area contributed by atoms with Gasteiger partial charge in [-0.25, -0.2) is 8.78 Å². The van der Waals surface area contributed by atoms with Crippen molar-refractivity contribution in [2.45, 2.75) is 12.1 Å². The minimum atomic E-state index is -1.24. The van der Waals surface area contributed by atoms with Gasteiger partial charge in [-0.3, -0.25) is 0 Å². The number of hydrogen-bond donors (Lipinski definition) is 2. The Morgan fingerprint density at radius 1 is 1.17 bits per heavy atom. The van der Waals surface area contributed by atoms with Crippen LogP contribution in [0.25, 0.3) is 0 Å². The molecule has 0 aromatic heterocycles. The van der Waals surface area contributed by atoms with Gasteiger partial charge in [-0.05, 0) is 35.9 Å². The van der Waals surface area contributed by atoms with E-state index in [0.29, 0.717) is 29.6 Å². The number of aliphatic hydroxyl groups excluding tert-OH is 2. The summed E-state index contributed by atoms with van der Waals surface area (Å²) in [5, 5.41) is 20.2. The Kier molecular flexibility index (Phi) is 4.89. The van der Waals surface area contributed by atoms with E-state index >= 15 is 0 Å². The molecule has 2 aromatic rings. The molecular weight excluding hydrogens is 340 g/mol. The number of hydrogen-bond acceptors (Lipinski definition) is 4. The molecule has 1 aliphatic rings. The molecule has 1 heterocycles. The van der Waals surface area contributed by atoms with Crippen LogP contribution >= 0.6 is 11.6 Å². The Bertz CT molecular complexity index is 724. The predicted octanol–water partition coefficient (Wildman–Crippen LogP) is 2.91. The maximum atomic E-state index is 13.6. The highest BCUT2D eigenvalue weighted by Gasteiger charge is 2.32. The van der Waals surface area contributed by atoms with E-state index in [-0.39, 0.29) is 5.56 Å². The van der Waals surface area contributed by atoms with Gasteiger partial charge in [0.25, 0.3) is 0 Å². The molecule has 0 radical (unpaired) electrons. The molecule has 1 aliphatic heterocycles. The summed E-state index contributed by atoms with van der Waals surface area (Å²) in [6.07, 6.45) is -1.24. The van der Waals surface area contributed by atoms with Crippen LogP contribution in [-0.4, -0.2) is 36.1 Å². The number of halogens is 3. The topological polar surface area (TPSA) is 52.9 Å². The molecule has 7 heteroatoms. The van der Waals surface area contributed by atoms with Crippen LogP contribution in [0.4, 0.5) is 14.5 Å². The second kappa shape index (κ2) is 6.93. The first-order valence-electron chi connectivity index (χ1n) is 7.43. The fraction of sp³-hybridized carbons (Fsp3) is 0.294. The van der Waals surface area contributed by atoms with Crippen molar-refractivity contribution in [3.63, 3.8) is 0 Å². The fourth-order valence-corrected chi connectivity index (χ4v) is 3.12. The molecule has 2 N–H and O–H groups in total. The van der Waals surface area contributed by atoms with Gasteiger partial charge >= 0.3 is 0 Å². The molecule has 2 aromatic carbocycles. The number of ether oxygens (including phenoxy) is 1. The summed E-state index contributed by atoms with van der Waals surface area (Å²) in [5.41, 5.74) is 0.817. The van der Waals surface area contributed by atoms with Crippen LogP contribution in [0.15, 0.2) is 36.4 Å². The third-order valence-corrected chi connectivity index (χ3v) is 4.17. The second-order valence-electron chi connectivity index (χ2n) is 5.55. The van der Waals surface area contributed by atoms with Crippen LogP contribution < -0.4 is 9.64 Å². The Morgan fingerprint density at radius 3 is 2.54 bits per heavy atom. The van der Waals surface area contributed by atoms with Crippen molar-refractivity contribution in [3.05, 3.63) is 58.6 Å². The average Bonchev–Trinajstić information content (AvgIpc) is 2.54. The average molecular weight is 356 g/mol. The summed E-state index contributed by atoms with van der Waals surface area (Å²) in [4.78, 5) is 1.74. The van der Waals surface area contributed by atoms with Crippen LogP contribution in [0.1, 0.15) is 11.6 Å². The Hall–Kier alpha value is -1.89. The molecule has 24 heavy (non-hydrogen) atoms. The van der Waals surface area contributed by atoms with E-state index in [1.807, 2.05) is 0 Å². The van der Waals surface area contributed by atoms with Crippen molar-refractivity contribution in [3.8, 4) is 5.75 Å². The van der Waals surface area contributed by atoms with Gasteiger partial charge < -0.3 is 19.8 Å². The van der Waals surface area contributed by atoms with Crippen LogP contribution in [0.5, 0.6) is 5.75 Å². The molecular formula is C17H16ClF2NO3. The van der Waals surface area contributed by atoms with Gasteiger partial charge in [-0.2, -0.15) is 0 Å². The van der Waals surface area contributed by atoms with Gasteiger partial charge in [-0.1, -0.05) is 11.6 Å². The highest BCUT2D eigenvalue weighted by Crippen LogP contribution is 2.40. The molecule has 0 unspecified atom stereocenters. The first-order chi connectivity index (χ1) is 11.5. The zero-order chi connectivity index (χ0) is 17.3. The molecule has 2 atom stereocenters. The van der Waals surface area contributed by atoms with Gasteiger partial charge in [-0.15, -0.1) is 0 Å². The van der Waals surface area contributed by atoms with Crippen LogP contribution in [-0.2, 0) is 0 Å². The van der Waals surface area contributed by atoms with Crippen LogP contribution in [0.2, 0.25) is 5.02 Å². The van der Waals surface area contributed by atoms with E-state index < -0.39 is 30.4 Å². The second-order valence-corrected chi connectivity index (χ2v) is 5.99. The van der Waals surface area contributed by atoms with E-state index in [1.165, 1.54) is 0 Å². The first-order valence-corrected chi connectivity index (χ1v) is 7.81. The lowest BCUT2D eigenvalue weighted by Gasteiger charge is -2.39. The largest absolute Gasteiger partial charge is 0.490 e. The van der Waals surface area contributed by atoms with Gasteiger partial charge in [0, 0.05) is 11.1 Å². The maximum Gasteiger partial charge on any atom is 0.142 e. The van der Waals surface area contributed by atoms with E-state index in [4.69, 9.17) is 16.3 Å². The highest BCUT2D eigenvalue weighted by molar-refractivity contribution is 6.31. The Labute approximate surface area is 142 Å². The molecule has 128 valence electrons. The van der Waals surface area contributed by atoms with Crippen LogP contribution in [0.3, 0.4) is 0 Å². The van der Waals surface area contributed by atoms with E-state index in [9.17, 15) is 19.0 Å². The molecule has 0 spiro atoms. The van der Waals surface area contributed by atoms with Crippen LogP contribution in [0, 0.1) is 11.6 Å². The predicted molar refractivity (Wildman–Crippen MR) is 86.5 cm³/mol. The first kappa shape index (κ1) is 17.0. The number of fused-ring (bicyclic) bond motifs is 1. The number of rotatable bonds is 4. The lowest BCUT2D eigenvalue weighted by Crippen LogP contribution is -2.42. The third-order valence-electron chi connectivity index (χ3n) is 3.93. The van der Waals surface area contributed by atoms with Crippen molar-refractivity contribution in [1.82, 2.24) is 0 Å². The number of anilines is 1.